The summed E-state index contributed by atoms with van der Waals surface area (Å²) in [5.41, 5.74) is 2.40. The van der Waals surface area contributed by atoms with Crippen molar-refractivity contribution in [2.75, 3.05) is 0 Å². The van der Waals surface area contributed by atoms with Crippen molar-refractivity contribution < 1.29 is 4.79 Å². The number of carbonyl (C=O) groups is 1. The SMILES string of the molecule is O=CCc1sc2ccccc2c1-c1ccccc1. The molecular weight excluding hydrogens is 240 g/mol. The van der Waals surface area contributed by atoms with E-state index in [1.165, 1.54) is 21.2 Å². The smallest absolute Gasteiger partial charge is 0.125 e. The van der Waals surface area contributed by atoms with Crippen molar-refractivity contribution in [1.29, 1.82) is 0 Å². The van der Waals surface area contributed by atoms with E-state index >= 15 is 0 Å². The summed E-state index contributed by atoms with van der Waals surface area (Å²) in [6.07, 6.45) is 1.47. The zero-order valence-corrected chi connectivity index (χ0v) is 10.6. The lowest BCUT2D eigenvalue weighted by Gasteiger charge is -2.02. The third kappa shape index (κ3) is 1.85. The highest BCUT2D eigenvalue weighted by Crippen LogP contribution is 2.38. The van der Waals surface area contributed by atoms with Crippen LogP contribution in [0.4, 0.5) is 0 Å². The minimum atomic E-state index is 0.490. The minimum absolute atomic E-state index is 0.490. The van der Waals surface area contributed by atoms with Crippen LogP contribution in [0.2, 0.25) is 0 Å². The van der Waals surface area contributed by atoms with Gasteiger partial charge in [-0.2, -0.15) is 0 Å². The van der Waals surface area contributed by atoms with Crippen molar-refractivity contribution in [3.8, 4) is 11.1 Å². The summed E-state index contributed by atoms with van der Waals surface area (Å²) in [6, 6.07) is 18.6. The number of carbonyl (C=O) groups excluding carboxylic acids is 1. The molecule has 0 saturated carbocycles. The molecule has 2 aromatic carbocycles. The molecule has 0 N–H and O–H groups in total. The predicted molar refractivity (Wildman–Crippen MR) is 77.0 cm³/mol. The summed E-state index contributed by atoms with van der Waals surface area (Å²) in [6.45, 7) is 0. The fourth-order valence-corrected chi connectivity index (χ4v) is 3.41. The molecule has 1 heterocycles. The molecule has 0 saturated heterocycles. The Morgan fingerprint density at radius 3 is 2.44 bits per heavy atom. The molecule has 88 valence electrons. The molecule has 0 radical (unpaired) electrons. The lowest BCUT2D eigenvalue weighted by molar-refractivity contribution is -0.107. The highest BCUT2D eigenvalue weighted by atomic mass is 32.1. The Kier molecular flexibility index (Phi) is 2.95. The van der Waals surface area contributed by atoms with E-state index in [-0.39, 0.29) is 0 Å². The van der Waals surface area contributed by atoms with Gasteiger partial charge >= 0.3 is 0 Å². The minimum Gasteiger partial charge on any atom is -0.303 e. The van der Waals surface area contributed by atoms with Gasteiger partial charge in [-0.1, -0.05) is 48.5 Å². The van der Waals surface area contributed by atoms with Crippen molar-refractivity contribution in [3.05, 3.63) is 59.5 Å². The molecule has 0 amide bonds. The molecule has 1 nitrogen and oxygen atoms in total. The van der Waals surface area contributed by atoms with E-state index in [0.29, 0.717) is 6.42 Å². The number of hydrogen-bond donors (Lipinski definition) is 0. The summed E-state index contributed by atoms with van der Waals surface area (Å²) < 4.78 is 1.24. The van der Waals surface area contributed by atoms with Gasteiger partial charge in [0.05, 0.1) is 0 Å². The van der Waals surface area contributed by atoms with Gasteiger partial charge in [0.2, 0.25) is 0 Å². The maximum atomic E-state index is 10.8. The summed E-state index contributed by atoms with van der Waals surface area (Å²) in [7, 11) is 0. The van der Waals surface area contributed by atoms with Gasteiger partial charge in [-0.05, 0) is 11.6 Å². The number of benzene rings is 2. The van der Waals surface area contributed by atoms with Gasteiger partial charge in [-0.3, -0.25) is 0 Å². The molecule has 0 unspecified atom stereocenters. The van der Waals surface area contributed by atoms with E-state index in [1.54, 1.807) is 11.3 Å². The van der Waals surface area contributed by atoms with Crippen LogP contribution in [0.15, 0.2) is 54.6 Å². The molecule has 0 atom stereocenters. The maximum Gasteiger partial charge on any atom is 0.125 e. The Morgan fingerprint density at radius 2 is 1.67 bits per heavy atom. The average Bonchev–Trinajstić information content (AvgIpc) is 2.78. The molecule has 0 aliphatic rings. The summed E-state index contributed by atoms with van der Waals surface area (Å²) >= 11 is 1.71. The quantitative estimate of drug-likeness (QED) is 0.635. The number of aldehydes is 1. The van der Waals surface area contributed by atoms with Crippen LogP contribution in [0.3, 0.4) is 0 Å². The van der Waals surface area contributed by atoms with Crippen molar-refractivity contribution in [2.45, 2.75) is 6.42 Å². The van der Waals surface area contributed by atoms with Gasteiger partial charge in [0.25, 0.3) is 0 Å². The largest absolute Gasteiger partial charge is 0.303 e. The normalized spacial score (nSPS) is 10.7. The van der Waals surface area contributed by atoms with Gasteiger partial charge in [0, 0.05) is 26.9 Å². The van der Waals surface area contributed by atoms with E-state index in [2.05, 4.69) is 24.3 Å². The van der Waals surface area contributed by atoms with Crippen molar-refractivity contribution in [2.24, 2.45) is 0 Å². The second kappa shape index (κ2) is 4.75. The van der Waals surface area contributed by atoms with Crippen molar-refractivity contribution in [3.63, 3.8) is 0 Å². The maximum absolute atomic E-state index is 10.8. The van der Waals surface area contributed by atoms with Crippen molar-refractivity contribution >= 4 is 27.7 Å². The zero-order valence-electron chi connectivity index (χ0n) is 9.80. The van der Waals surface area contributed by atoms with Crippen molar-refractivity contribution in [1.82, 2.24) is 0 Å². The Hall–Kier alpha value is -1.93. The van der Waals surface area contributed by atoms with Crippen LogP contribution >= 0.6 is 11.3 Å². The Morgan fingerprint density at radius 1 is 0.944 bits per heavy atom. The third-order valence-corrected chi connectivity index (χ3v) is 4.19. The zero-order chi connectivity index (χ0) is 12.4. The lowest BCUT2D eigenvalue weighted by atomic mass is 10.0. The van der Waals surface area contributed by atoms with Crippen LogP contribution in [0.25, 0.3) is 21.2 Å². The predicted octanol–water partition coefficient (Wildman–Crippen LogP) is 4.31. The van der Waals surface area contributed by atoms with Crippen LogP contribution in [-0.2, 0) is 11.2 Å². The molecular formula is C16H12OS. The van der Waals surface area contributed by atoms with Gasteiger partial charge < -0.3 is 4.79 Å². The summed E-state index contributed by atoms with van der Waals surface area (Å²) in [4.78, 5) is 12.0. The van der Waals surface area contributed by atoms with Crippen LogP contribution in [-0.4, -0.2) is 6.29 Å². The van der Waals surface area contributed by atoms with E-state index in [0.717, 1.165) is 11.2 Å². The molecule has 0 aliphatic carbocycles. The standard InChI is InChI=1S/C16H12OS/c17-11-10-15-16(12-6-2-1-3-7-12)13-8-4-5-9-14(13)18-15/h1-9,11H,10H2. The first-order valence-electron chi connectivity index (χ1n) is 5.89. The van der Waals surface area contributed by atoms with Gasteiger partial charge in [-0.15, -0.1) is 11.3 Å². The van der Waals surface area contributed by atoms with Crippen LogP contribution < -0.4 is 0 Å². The fourth-order valence-electron chi connectivity index (χ4n) is 2.24. The summed E-state index contributed by atoms with van der Waals surface area (Å²) in [5.74, 6) is 0. The highest BCUT2D eigenvalue weighted by molar-refractivity contribution is 7.19. The van der Waals surface area contributed by atoms with E-state index < -0.39 is 0 Å². The molecule has 0 spiro atoms. The second-order valence-electron chi connectivity index (χ2n) is 4.13. The fraction of sp³-hybridized carbons (Fsp3) is 0.0625. The molecule has 0 aliphatic heterocycles. The first-order chi connectivity index (χ1) is 8.90. The van der Waals surface area contributed by atoms with Crippen LogP contribution in [0.5, 0.6) is 0 Å². The molecule has 0 fully saturated rings. The van der Waals surface area contributed by atoms with Gasteiger partial charge in [0.1, 0.15) is 6.29 Å². The van der Waals surface area contributed by atoms with E-state index in [1.807, 2.05) is 30.3 Å². The lowest BCUT2D eigenvalue weighted by Crippen LogP contribution is -1.85. The van der Waals surface area contributed by atoms with E-state index in [9.17, 15) is 4.79 Å². The Labute approximate surface area is 110 Å². The first-order valence-corrected chi connectivity index (χ1v) is 6.71. The molecule has 1 aromatic heterocycles. The number of hydrogen-bond acceptors (Lipinski definition) is 2. The number of rotatable bonds is 3. The molecule has 2 heteroatoms. The van der Waals surface area contributed by atoms with Crippen LogP contribution in [0, 0.1) is 0 Å². The average molecular weight is 252 g/mol. The number of fused-ring (bicyclic) bond motifs is 1. The van der Waals surface area contributed by atoms with Gasteiger partial charge in [-0.25, -0.2) is 0 Å². The second-order valence-corrected chi connectivity index (χ2v) is 5.27. The highest BCUT2D eigenvalue weighted by Gasteiger charge is 2.12. The monoisotopic (exact) mass is 252 g/mol. The Balaban J connectivity index is 2.31. The third-order valence-electron chi connectivity index (χ3n) is 3.00. The topological polar surface area (TPSA) is 17.1 Å². The van der Waals surface area contributed by atoms with Crippen LogP contribution in [0.1, 0.15) is 4.88 Å². The first kappa shape index (κ1) is 11.2. The Bertz CT molecular complexity index is 683. The molecule has 3 aromatic rings. The molecule has 3 rings (SSSR count). The molecule has 0 bridgehead atoms. The number of thiophene rings is 1. The molecule has 18 heavy (non-hydrogen) atoms. The van der Waals surface area contributed by atoms with Gasteiger partial charge in [0.15, 0.2) is 0 Å². The van der Waals surface area contributed by atoms with E-state index in [4.69, 9.17) is 0 Å². The summed E-state index contributed by atoms with van der Waals surface area (Å²) in [5, 5.41) is 1.24.